The molecule has 2 rings (SSSR count). The van der Waals surface area contributed by atoms with E-state index in [9.17, 15) is 8.42 Å². The number of benzene rings is 1. The smallest absolute Gasteiger partial charge is 0.274 e. The Kier molecular flexibility index (Phi) is 6.11. The molecule has 0 atom stereocenters. The van der Waals surface area contributed by atoms with E-state index in [1.165, 1.54) is 6.42 Å². The van der Waals surface area contributed by atoms with Gasteiger partial charge in [-0.1, -0.05) is 37.5 Å². The number of hydrogen-bond donors (Lipinski definition) is 3. The van der Waals surface area contributed by atoms with Crippen LogP contribution in [0.5, 0.6) is 0 Å². The van der Waals surface area contributed by atoms with Crippen LogP contribution in [0.3, 0.4) is 0 Å². The molecule has 1 saturated carbocycles. The summed E-state index contributed by atoms with van der Waals surface area (Å²) in [5.41, 5.74) is 6.18. The minimum Gasteiger partial charge on any atom is -0.399 e. The Morgan fingerprint density at radius 3 is 2.00 bits per heavy atom. The Labute approximate surface area is 109 Å². The maximum atomic E-state index is 10.6. The molecule has 18 heavy (non-hydrogen) atoms. The third kappa shape index (κ3) is 7.26. The van der Waals surface area contributed by atoms with Gasteiger partial charge in [-0.05, 0) is 25.0 Å². The van der Waals surface area contributed by atoms with Gasteiger partial charge in [0.05, 0.1) is 0 Å². The number of nitrogen functional groups attached to an aromatic ring is 1. The third-order valence-corrected chi connectivity index (χ3v) is 3.40. The molecule has 0 aromatic heterocycles. The lowest BCUT2D eigenvalue weighted by Gasteiger charge is -2.20. The summed E-state index contributed by atoms with van der Waals surface area (Å²) in [6.07, 6.45) is 5.27. The molecule has 1 aliphatic rings. The van der Waals surface area contributed by atoms with Gasteiger partial charge in [0.15, 0.2) is 0 Å². The highest BCUT2D eigenvalue weighted by Crippen LogP contribution is 2.17. The molecule has 1 fully saturated rings. The van der Waals surface area contributed by atoms with Crippen LogP contribution in [0.1, 0.15) is 32.1 Å². The lowest BCUT2D eigenvalue weighted by Crippen LogP contribution is -2.40. The molecule has 1 aliphatic carbocycles. The van der Waals surface area contributed by atoms with Crippen LogP contribution in [0, 0.1) is 0 Å². The van der Waals surface area contributed by atoms with E-state index < -0.39 is 10.2 Å². The molecule has 0 spiro atoms. The highest BCUT2D eigenvalue weighted by atomic mass is 32.2. The first-order chi connectivity index (χ1) is 8.47. The molecule has 5 N–H and O–H groups in total. The second-order valence-electron chi connectivity index (χ2n) is 4.41. The molecule has 5 nitrogen and oxygen atoms in total. The molecule has 0 amide bonds. The fourth-order valence-electron chi connectivity index (χ4n) is 1.91. The van der Waals surface area contributed by atoms with Gasteiger partial charge in [-0.25, -0.2) is 5.14 Å². The van der Waals surface area contributed by atoms with Crippen LogP contribution in [0.15, 0.2) is 30.3 Å². The fourth-order valence-corrected chi connectivity index (χ4v) is 2.61. The summed E-state index contributed by atoms with van der Waals surface area (Å²) < 4.78 is 23.5. The largest absolute Gasteiger partial charge is 0.399 e. The average molecular weight is 271 g/mol. The normalized spacial score (nSPS) is 16.7. The molecule has 1 aromatic carbocycles. The van der Waals surface area contributed by atoms with Crippen molar-refractivity contribution in [1.29, 1.82) is 0 Å². The van der Waals surface area contributed by atoms with Crippen molar-refractivity contribution in [3.8, 4) is 0 Å². The Balaban J connectivity index is 0.000000199. The number of para-hydroxylation sites is 1. The maximum absolute atomic E-state index is 10.6. The molecule has 102 valence electrons. The molecule has 0 unspecified atom stereocenters. The lowest BCUT2D eigenvalue weighted by atomic mass is 9.96. The van der Waals surface area contributed by atoms with Gasteiger partial charge in [0, 0.05) is 11.7 Å². The standard InChI is InChI=1S/C6H14N2O2S.C6H7N/c7-11(9,10)8-6-4-2-1-3-5-6;7-6-4-2-1-3-5-6/h6,8H,1-5H2,(H2,7,9,10);1-5H,7H2. The average Bonchev–Trinajstić information content (AvgIpc) is 2.30. The van der Waals surface area contributed by atoms with Crippen LogP contribution >= 0.6 is 0 Å². The van der Waals surface area contributed by atoms with E-state index in [0.717, 1.165) is 31.4 Å². The van der Waals surface area contributed by atoms with Gasteiger partial charge in [-0.3, -0.25) is 0 Å². The summed E-state index contributed by atoms with van der Waals surface area (Å²) in [5.74, 6) is 0. The first kappa shape index (κ1) is 14.9. The summed E-state index contributed by atoms with van der Waals surface area (Å²) in [7, 11) is -3.47. The van der Waals surface area contributed by atoms with Gasteiger partial charge in [0.2, 0.25) is 0 Å². The quantitative estimate of drug-likeness (QED) is 0.709. The van der Waals surface area contributed by atoms with Crippen LogP contribution in [0.4, 0.5) is 5.69 Å². The van der Waals surface area contributed by atoms with Gasteiger partial charge in [-0.15, -0.1) is 0 Å². The number of anilines is 1. The summed E-state index contributed by atoms with van der Waals surface area (Å²) >= 11 is 0. The predicted molar refractivity (Wildman–Crippen MR) is 74.0 cm³/mol. The highest BCUT2D eigenvalue weighted by Gasteiger charge is 2.16. The summed E-state index contributed by atoms with van der Waals surface area (Å²) in [6.45, 7) is 0. The fraction of sp³-hybridized carbons (Fsp3) is 0.500. The Morgan fingerprint density at radius 1 is 1.06 bits per heavy atom. The molecular formula is C12H21N3O2S. The number of nitrogens with one attached hydrogen (secondary N) is 1. The van der Waals surface area contributed by atoms with Crippen LogP contribution in [-0.4, -0.2) is 14.5 Å². The molecule has 0 aliphatic heterocycles. The molecule has 0 bridgehead atoms. The molecule has 6 heteroatoms. The minimum absolute atomic E-state index is 0.0822. The summed E-state index contributed by atoms with van der Waals surface area (Å²) in [5, 5.41) is 4.83. The highest BCUT2D eigenvalue weighted by molar-refractivity contribution is 7.87. The molecule has 1 aromatic rings. The van der Waals surface area contributed by atoms with E-state index in [2.05, 4.69) is 4.72 Å². The molecule has 0 radical (unpaired) electrons. The molecule has 0 saturated heterocycles. The maximum Gasteiger partial charge on any atom is 0.274 e. The minimum atomic E-state index is -3.47. The Bertz CT molecular complexity index is 428. The van der Waals surface area contributed by atoms with E-state index in [-0.39, 0.29) is 6.04 Å². The number of hydrogen-bond acceptors (Lipinski definition) is 3. The zero-order valence-corrected chi connectivity index (χ0v) is 11.2. The lowest BCUT2D eigenvalue weighted by molar-refractivity contribution is 0.412. The second-order valence-corrected chi connectivity index (χ2v) is 5.73. The van der Waals surface area contributed by atoms with Crippen LogP contribution in [-0.2, 0) is 10.2 Å². The topological polar surface area (TPSA) is 98.2 Å². The van der Waals surface area contributed by atoms with Gasteiger partial charge in [0.25, 0.3) is 10.2 Å². The zero-order valence-electron chi connectivity index (χ0n) is 10.4. The van der Waals surface area contributed by atoms with Gasteiger partial charge in [0.1, 0.15) is 0 Å². The Hall–Kier alpha value is -1.11. The van der Waals surface area contributed by atoms with Crippen molar-refractivity contribution >= 4 is 15.9 Å². The van der Waals surface area contributed by atoms with E-state index in [1.807, 2.05) is 30.3 Å². The first-order valence-electron chi connectivity index (χ1n) is 6.08. The van der Waals surface area contributed by atoms with Crippen LogP contribution in [0.25, 0.3) is 0 Å². The van der Waals surface area contributed by atoms with E-state index >= 15 is 0 Å². The van der Waals surface area contributed by atoms with Crippen molar-refractivity contribution in [2.24, 2.45) is 5.14 Å². The van der Waals surface area contributed by atoms with Crippen molar-refractivity contribution in [2.75, 3.05) is 5.73 Å². The van der Waals surface area contributed by atoms with Crippen molar-refractivity contribution in [2.45, 2.75) is 38.1 Å². The Morgan fingerprint density at radius 2 is 1.61 bits per heavy atom. The van der Waals surface area contributed by atoms with Crippen molar-refractivity contribution in [3.63, 3.8) is 0 Å². The molecule has 0 heterocycles. The summed E-state index contributed by atoms with van der Waals surface area (Å²) in [6, 6.07) is 9.57. The van der Waals surface area contributed by atoms with E-state index in [0.29, 0.717) is 0 Å². The van der Waals surface area contributed by atoms with Crippen molar-refractivity contribution in [3.05, 3.63) is 30.3 Å². The summed E-state index contributed by atoms with van der Waals surface area (Å²) in [4.78, 5) is 0. The SMILES string of the molecule is NS(=O)(=O)NC1CCCCC1.Nc1ccccc1. The van der Waals surface area contributed by atoms with Crippen LogP contribution in [0.2, 0.25) is 0 Å². The number of rotatable bonds is 2. The van der Waals surface area contributed by atoms with Crippen molar-refractivity contribution in [1.82, 2.24) is 4.72 Å². The first-order valence-corrected chi connectivity index (χ1v) is 7.62. The van der Waals surface area contributed by atoms with Gasteiger partial charge in [-0.2, -0.15) is 13.1 Å². The van der Waals surface area contributed by atoms with Gasteiger partial charge < -0.3 is 5.73 Å². The molecular weight excluding hydrogens is 250 g/mol. The van der Waals surface area contributed by atoms with E-state index in [1.54, 1.807) is 0 Å². The predicted octanol–water partition coefficient (Wildman–Crippen LogP) is 1.38. The zero-order chi connectivity index (χ0) is 13.4. The second kappa shape index (κ2) is 7.35. The van der Waals surface area contributed by atoms with Crippen LogP contribution < -0.4 is 15.6 Å². The third-order valence-electron chi connectivity index (χ3n) is 2.74. The van der Waals surface area contributed by atoms with Gasteiger partial charge >= 0.3 is 0 Å². The van der Waals surface area contributed by atoms with E-state index in [4.69, 9.17) is 10.9 Å². The van der Waals surface area contributed by atoms with Crippen molar-refractivity contribution < 1.29 is 8.42 Å². The monoisotopic (exact) mass is 271 g/mol. The number of nitrogens with two attached hydrogens (primary N) is 2.